The van der Waals surface area contributed by atoms with Crippen LogP contribution in [-0.2, 0) is 12.8 Å². The van der Waals surface area contributed by atoms with E-state index in [2.05, 4.69) is 46.3 Å². The Bertz CT molecular complexity index is 1670. The summed E-state index contributed by atoms with van der Waals surface area (Å²) in [6.45, 7) is 9.17. The van der Waals surface area contributed by atoms with Gasteiger partial charge in [0.2, 0.25) is 0 Å². The summed E-state index contributed by atoms with van der Waals surface area (Å²) < 4.78 is 19.2. The number of hydrogen-bond donors (Lipinski definition) is 1. The molecule has 4 heterocycles. The van der Waals surface area contributed by atoms with Gasteiger partial charge in [0.1, 0.15) is 25.3 Å². The number of hydrogen-bond acceptors (Lipinski definition) is 5. The zero-order chi connectivity index (χ0) is 31.0. The molecule has 44 heavy (non-hydrogen) atoms. The number of nitrogens with zero attached hydrogens (tertiary/aromatic N) is 4. The Labute approximate surface area is 259 Å². The van der Waals surface area contributed by atoms with Gasteiger partial charge in [-0.3, -0.25) is 4.79 Å². The summed E-state index contributed by atoms with van der Waals surface area (Å²) in [4.78, 5) is 37.4. The number of anilines is 3. The van der Waals surface area contributed by atoms with Crippen molar-refractivity contribution in [1.29, 1.82) is 0 Å². The van der Waals surface area contributed by atoms with Gasteiger partial charge in [0.05, 0.1) is 18.4 Å². The number of fused-ring (bicyclic) bond motifs is 2. The normalized spacial score (nSPS) is 16.8. The third kappa shape index (κ3) is 6.15. The maximum Gasteiger partial charge on any atom is 0.322 e. The lowest BCUT2D eigenvalue weighted by Gasteiger charge is -2.39. The lowest BCUT2D eigenvalue weighted by molar-refractivity contribution is 0.0984. The molecular formula is C34H38FN5O3Si. The molecule has 0 atom stereocenters. The molecule has 1 saturated heterocycles. The maximum absolute atomic E-state index is 13.8. The van der Waals surface area contributed by atoms with E-state index >= 15 is 0 Å². The minimum atomic E-state index is -1.66. The number of methoxy groups -OCH3 is 1. The first-order valence-corrected chi connectivity index (χ1v) is 18.7. The van der Waals surface area contributed by atoms with Gasteiger partial charge in [0, 0.05) is 49.8 Å². The summed E-state index contributed by atoms with van der Waals surface area (Å²) in [6.07, 6.45) is 4.68. The summed E-state index contributed by atoms with van der Waals surface area (Å²) in [6, 6.07) is 12.2. The van der Waals surface area contributed by atoms with Crippen LogP contribution in [0.4, 0.5) is 26.2 Å². The van der Waals surface area contributed by atoms with Gasteiger partial charge in [-0.1, -0.05) is 25.6 Å². The molecule has 3 aliphatic heterocycles. The van der Waals surface area contributed by atoms with Gasteiger partial charge in [-0.2, -0.15) is 0 Å². The molecular weight excluding hydrogens is 573 g/mol. The van der Waals surface area contributed by atoms with Crippen LogP contribution in [0.2, 0.25) is 19.6 Å². The second-order valence-electron chi connectivity index (χ2n) is 12.7. The minimum Gasteiger partial charge on any atom is -0.497 e. The van der Waals surface area contributed by atoms with E-state index in [9.17, 15) is 14.0 Å². The largest absolute Gasteiger partial charge is 0.497 e. The van der Waals surface area contributed by atoms with Crippen molar-refractivity contribution < 1.29 is 18.7 Å². The summed E-state index contributed by atoms with van der Waals surface area (Å²) in [5.41, 5.74) is 8.97. The minimum absolute atomic E-state index is 0.0726. The van der Waals surface area contributed by atoms with Gasteiger partial charge in [-0.25, -0.2) is 14.2 Å². The second-order valence-corrected chi connectivity index (χ2v) is 17.4. The van der Waals surface area contributed by atoms with Crippen molar-refractivity contribution in [3.8, 4) is 17.2 Å². The molecule has 0 spiro atoms. The quantitative estimate of drug-likeness (QED) is 0.302. The summed E-state index contributed by atoms with van der Waals surface area (Å²) in [5, 5.41) is 3.09. The molecule has 1 fully saturated rings. The highest BCUT2D eigenvalue weighted by Gasteiger charge is 2.32. The van der Waals surface area contributed by atoms with Crippen LogP contribution >= 0.6 is 0 Å². The predicted octanol–water partition coefficient (Wildman–Crippen LogP) is 5.72. The molecule has 0 aliphatic carbocycles. The molecule has 0 unspecified atom stereocenters. The first-order valence-electron chi connectivity index (χ1n) is 15.2. The average Bonchev–Trinajstić information content (AvgIpc) is 3.35. The molecule has 10 heteroatoms. The SMILES string of the molecule is COc1ccc2c(c1)CCN(C1CCN(c3cc(C(=O)N4CCc5cc(F)ccc54)ncc3C#C[Si](C)(C)C)CC1)C(=O)N2. The van der Waals surface area contributed by atoms with E-state index in [1.54, 1.807) is 24.3 Å². The fourth-order valence-electron chi connectivity index (χ4n) is 6.22. The number of halogens is 1. The van der Waals surface area contributed by atoms with E-state index in [1.165, 1.54) is 12.1 Å². The number of nitrogens with one attached hydrogen (secondary N) is 1. The van der Waals surface area contributed by atoms with Crippen molar-refractivity contribution in [1.82, 2.24) is 9.88 Å². The molecule has 228 valence electrons. The van der Waals surface area contributed by atoms with Gasteiger partial charge in [-0.05, 0) is 79.3 Å². The van der Waals surface area contributed by atoms with Gasteiger partial charge in [-0.15, -0.1) is 5.54 Å². The van der Waals surface area contributed by atoms with Crippen molar-refractivity contribution in [3.05, 3.63) is 76.9 Å². The van der Waals surface area contributed by atoms with Crippen LogP contribution in [0.15, 0.2) is 48.7 Å². The van der Waals surface area contributed by atoms with Crippen LogP contribution in [0.3, 0.4) is 0 Å². The molecule has 1 N–H and O–H groups in total. The van der Waals surface area contributed by atoms with Crippen LogP contribution in [0.1, 0.15) is 40.0 Å². The zero-order valence-electron chi connectivity index (χ0n) is 25.7. The number of benzene rings is 2. The van der Waals surface area contributed by atoms with Crippen molar-refractivity contribution in [3.63, 3.8) is 0 Å². The van der Waals surface area contributed by atoms with Crippen LogP contribution < -0.4 is 19.9 Å². The third-order valence-corrected chi connectivity index (χ3v) is 9.41. The number of aromatic nitrogens is 1. The van der Waals surface area contributed by atoms with Crippen LogP contribution in [-0.4, -0.2) is 69.2 Å². The molecule has 3 amide bonds. The number of ether oxygens (including phenoxy) is 1. The Morgan fingerprint density at radius 2 is 1.77 bits per heavy atom. The lowest BCUT2D eigenvalue weighted by atomic mass is 10.0. The first kappa shape index (κ1) is 29.7. The summed E-state index contributed by atoms with van der Waals surface area (Å²) >= 11 is 0. The van der Waals surface area contributed by atoms with Crippen LogP contribution in [0.5, 0.6) is 5.75 Å². The number of pyridine rings is 1. The highest BCUT2D eigenvalue weighted by atomic mass is 28.3. The van der Waals surface area contributed by atoms with Crippen molar-refractivity contribution in [2.45, 2.75) is 51.4 Å². The Balaban J connectivity index is 1.21. The van der Waals surface area contributed by atoms with E-state index in [4.69, 9.17) is 4.74 Å². The van der Waals surface area contributed by atoms with E-state index in [0.29, 0.717) is 25.2 Å². The van der Waals surface area contributed by atoms with E-state index in [1.807, 2.05) is 29.2 Å². The summed E-state index contributed by atoms with van der Waals surface area (Å²) in [7, 11) is -0.0173. The number of carbonyl (C=O) groups is 2. The van der Waals surface area contributed by atoms with Gasteiger partial charge in [0.25, 0.3) is 5.91 Å². The third-order valence-electron chi connectivity index (χ3n) is 8.54. The van der Waals surface area contributed by atoms with E-state index in [0.717, 1.165) is 71.9 Å². The molecule has 0 saturated carbocycles. The maximum atomic E-state index is 13.8. The second kappa shape index (κ2) is 12.0. The van der Waals surface area contributed by atoms with Gasteiger partial charge >= 0.3 is 6.03 Å². The van der Waals surface area contributed by atoms with Crippen molar-refractivity contribution in [2.75, 3.05) is 48.4 Å². The standard InChI is InChI=1S/C34H38FN5O3Si/c1-43-28-6-7-29-23(20-28)9-16-39(34(42)37-29)27-11-14-38(15-12-27)32-21-30(36-22-25(32)13-18-44(2,3)4)33(41)40-17-10-24-19-26(35)5-8-31(24)40/h5-8,19-22,27H,9-12,14-17H2,1-4H3,(H,37,42). The summed E-state index contributed by atoms with van der Waals surface area (Å²) in [5.74, 6) is 3.66. The molecule has 1 aromatic heterocycles. The van der Waals surface area contributed by atoms with Crippen LogP contribution in [0.25, 0.3) is 0 Å². The molecule has 3 aromatic rings. The Morgan fingerprint density at radius 1 is 1.00 bits per heavy atom. The molecule has 3 aliphatic rings. The Hall–Kier alpha value is -4.36. The smallest absolute Gasteiger partial charge is 0.322 e. The number of carbonyl (C=O) groups excluding carboxylic acids is 2. The number of urea groups is 1. The number of rotatable bonds is 4. The fourth-order valence-corrected chi connectivity index (χ4v) is 6.73. The molecule has 0 radical (unpaired) electrons. The Kier molecular flexibility index (Phi) is 8.07. The Morgan fingerprint density at radius 3 is 2.52 bits per heavy atom. The molecule has 8 nitrogen and oxygen atoms in total. The van der Waals surface area contributed by atoms with Crippen LogP contribution in [0, 0.1) is 17.3 Å². The molecule has 2 aromatic carbocycles. The fraction of sp³-hybridized carbons (Fsp3) is 0.382. The lowest BCUT2D eigenvalue weighted by Crippen LogP contribution is -2.49. The van der Waals surface area contributed by atoms with Crippen molar-refractivity contribution in [2.24, 2.45) is 0 Å². The molecule has 6 rings (SSSR count). The van der Waals surface area contributed by atoms with Crippen molar-refractivity contribution >= 4 is 37.1 Å². The van der Waals surface area contributed by atoms with Gasteiger partial charge in [0.15, 0.2) is 0 Å². The highest BCUT2D eigenvalue weighted by molar-refractivity contribution is 6.83. The van der Waals surface area contributed by atoms with E-state index in [-0.39, 0.29) is 23.8 Å². The first-order chi connectivity index (χ1) is 21.1. The molecule has 0 bridgehead atoms. The average molecular weight is 612 g/mol. The topological polar surface area (TPSA) is 78.0 Å². The van der Waals surface area contributed by atoms with Gasteiger partial charge < -0.3 is 24.8 Å². The zero-order valence-corrected chi connectivity index (χ0v) is 26.7. The number of piperidine rings is 1. The number of amides is 3. The predicted molar refractivity (Wildman–Crippen MR) is 174 cm³/mol. The monoisotopic (exact) mass is 611 g/mol. The van der Waals surface area contributed by atoms with E-state index < -0.39 is 8.07 Å². The highest BCUT2D eigenvalue weighted by Crippen LogP contribution is 2.32.